The number of anilines is 1. The van der Waals surface area contributed by atoms with Crippen LogP contribution in [0.4, 0.5) is 5.69 Å². The van der Waals surface area contributed by atoms with Gasteiger partial charge in [-0.2, -0.15) is 0 Å². The third-order valence-electron chi connectivity index (χ3n) is 3.32. The maximum absolute atomic E-state index is 12.2. The smallest absolute Gasteiger partial charge is 0.255 e. The average molecular weight is 323 g/mol. The predicted octanol–water partition coefficient (Wildman–Crippen LogP) is 3.52. The summed E-state index contributed by atoms with van der Waals surface area (Å²) in [5, 5.41) is 10.5. The van der Waals surface area contributed by atoms with Gasteiger partial charge in [0.2, 0.25) is 5.89 Å². The van der Waals surface area contributed by atoms with Crippen molar-refractivity contribution in [2.75, 3.05) is 5.32 Å². The molecule has 1 aromatic heterocycles. The average Bonchev–Trinajstić information content (AvgIpc) is 3.00. The van der Waals surface area contributed by atoms with E-state index in [1.807, 2.05) is 25.1 Å². The summed E-state index contributed by atoms with van der Waals surface area (Å²) < 4.78 is 10.8. The first-order chi connectivity index (χ1) is 11.6. The van der Waals surface area contributed by atoms with E-state index >= 15 is 0 Å². The van der Waals surface area contributed by atoms with Crippen molar-refractivity contribution in [3.63, 3.8) is 0 Å². The lowest BCUT2D eigenvalue weighted by atomic mass is 10.1. The Morgan fingerprint density at radius 3 is 2.58 bits per heavy atom. The molecule has 6 heteroatoms. The quantitative estimate of drug-likeness (QED) is 0.777. The summed E-state index contributed by atoms with van der Waals surface area (Å²) in [6.45, 7) is 3.88. The molecule has 0 atom stereocenters. The van der Waals surface area contributed by atoms with Crippen LogP contribution in [0.2, 0.25) is 0 Å². The van der Waals surface area contributed by atoms with Crippen LogP contribution in [0.25, 0.3) is 0 Å². The first-order valence-corrected chi connectivity index (χ1v) is 7.50. The molecule has 0 saturated heterocycles. The Morgan fingerprint density at radius 2 is 1.92 bits per heavy atom. The van der Waals surface area contributed by atoms with Gasteiger partial charge in [0.1, 0.15) is 5.75 Å². The highest BCUT2D eigenvalue weighted by Gasteiger charge is 2.07. The van der Waals surface area contributed by atoms with Crippen molar-refractivity contribution >= 4 is 11.6 Å². The molecule has 0 unspecified atom stereocenters. The molecule has 3 aromatic rings. The number of aromatic nitrogens is 2. The Labute approximate surface area is 139 Å². The zero-order valence-electron chi connectivity index (χ0n) is 13.4. The minimum Gasteiger partial charge on any atom is -0.484 e. The molecule has 1 N–H and O–H groups in total. The van der Waals surface area contributed by atoms with Gasteiger partial charge >= 0.3 is 0 Å². The van der Waals surface area contributed by atoms with Crippen molar-refractivity contribution in [1.29, 1.82) is 0 Å². The normalized spacial score (nSPS) is 10.4. The summed E-state index contributed by atoms with van der Waals surface area (Å²) in [4.78, 5) is 12.2. The van der Waals surface area contributed by atoms with Gasteiger partial charge in [-0.15, -0.1) is 10.2 Å². The third-order valence-corrected chi connectivity index (χ3v) is 3.32. The Hall–Kier alpha value is -3.15. The molecule has 24 heavy (non-hydrogen) atoms. The lowest BCUT2D eigenvalue weighted by Crippen LogP contribution is -2.11. The molecule has 3 rings (SSSR count). The molecule has 0 fully saturated rings. The van der Waals surface area contributed by atoms with Crippen molar-refractivity contribution in [2.45, 2.75) is 20.5 Å². The Bertz CT molecular complexity index is 841. The molecule has 2 aromatic carbocycles. The summed E-state index contributed by atoms with van der Waals surface area (Å²) in [5.41, 5.74) is 2.37. The highest BCUT2D eigenvalue weighted by molar-refractivity contribution is 6.04. The molecule has 0 radical (unpaired) electrons. The second-order valence-corrected chi connectivity index (χ2v) is 5.35. The van der Waals surface area contributed by atoms with E-state index in [1.54, 1.807) is 37.3 Å². The Balaban J connectivity index is 1.59. The fourth-order valence-corrected chi connectivity index (χ4v) is 2.16. The van der Waals surface area contributed by atoms with E-state index in [9.17, 15) is 4.79 Å². The monoisotopic (exact) mass is 323 g/mol. The zero-order chi connectivity index (χ0) is 16.9. The molecular formula is C18H17N3O3. The van der Waals surface area contributed by atoms with Gasteiger partial charge in [-0.3, -0.25) is 4.79 Å². The van der Waals surface area contributed by atoms with Gasteiger partial charge in [0, 0.05) is 18.2 Å². The highest BCUT2D eigenvalue weighted by Crippen LogP contribution is 2.18. The number of hydrogen-bond acceptors (Lipinski definition) is 5. The molecule has 0 spiro atoms. The molecule has 0 aliphatic carbocycles. The third kappa shape index (κ3) is 3.98. The maximum atomic E-state index is 12.2. The van der Waals surface area contributed by atoms with Crippen LogP contribution in [0.1, 0.15) is 27.7 Å². The van der Waals surface area contributed by atoms with Gasteiger partial charge in [-0.25, -0.2) is 0 Å². The van der Waals surface area contributed by atoms with Crippen molar-refractivity contribution in [1.82, 2.24) is 10.2 Å². The minimum absolute atomic E-state index is 0.145. The number of benzene rings is 2. The van der Waals surface area contributed by atoms with E-state index < -0.39 is 0 Å². The molecule has 0 aliphatic heterocycles. The van der Waals surface area contributed by atoms with Crippen molar-refractivity contribution in [2.24, 2.45) is 0 Å². The van der Waals surface area contributed by atoms with Gasteiger partial charge in [0.25, 0.3) is 11.8 Å². The number of rotatable bonds is 5. The first-order valence-electron chi connectivity index (χ1n) is 7.50. The Morgan fingerprint density at radius 1 is 1.12 bits per heavy atom. The summed E-state index contributed by atoms with van der Waals surface area (Å²) in [6.07, 6.45) is 0. The number of carbonyl (C=O) groups excluding carboxylic acids is 1. The van der Waals surface area contributed by atoms with Crippen molar-refractivity contribution in [3.05, 3.63) is 71.4 Å². The van der Waals surface area contributed by atoms with E-state index in [4.69, 9.17) is 9.15 Å². The molecule has 0 aliphatic rings. The van der Waals surface area contributed by atoms with E-state index in [1.165, 1.54) is 0 Å². The van der Waals surface area contributed by atoms with Crippen LogP contribution in [-0.2, 0) is 6.61 Å². The summed E-state index contributed by atoms with van der Waals surface area (Å²) in [6, 6.07) is 14.5. The van der Waals surface area contributed by atoms with Gasteiger partial charge in [0.15, 0.2) is 6.61 Å². The second kappa shape index (κ2) is 6.95. The molecule has 6 nitrogen and oxygen atoms in total. The summed E-state index contributed by atoms with van der Waals surface area (Å²) in [5.74, 6) is 1.43. The van der Waals surface area contributed by atoms with E-state index in [-0.39, 0.29) is 12.5 Å². The molecule has 1 heterocycles. The molecule has 0 saturated carbocycles. The molecular weight excluding hydrogens is 306 g/mol. The lowest BCUT2D eigenvalue weighted by Gasteiger charge is -2.07. The fourth-order valence-electron chi connectivity index (χ4n) is 2.16. The number of amides is 1. The first kappa shape index (κ1) is 15.7. The van der Waals surface area contributed by atoms with Crippen LogP contribution in [0, 0.1) is 13.8 Å². The topological polar surface area (TPSA) is 77.2 Å². The van der Waals surface area contributed by atoms with Gasteiger partial charge in [-0.05, 0) is 43.3 Å². The predicted molar refractivity (Wildman–Crippen MR) is 88.9 cm³/mol. The van der Waals surface area contributed by atoms with Crippen LogP contribution in [0.3, 0.4) is 0 Å². The number of ether oxygens (including phenoxy) is 1. The van der Waals surface area contributed by atoms with Crippen molar-refractivity contribution in [3.8, 4) is 5.75 Å². The molecule has 0 bridgehead atoms. The van der Waals surface area contributed by atoms with Gasteiger partial charge in [0.05, 0.1) is 0 Å². The van der Waals surface area contributed by atoms with E-state index in [0.717, 1.165) is 5.56 Å². The van der Waals surface area contributed by atoms with Crippen LogP contribution in [-0.4, -0.2) is 16.1 Å². The highest BCUT2D eigenvalue weighted by atomic mass is 16.5. The molecule has 1 amide bonds. The molecule has 122 valence electrons. The maximum Gasteiger partial charge on any atom is 0.255 e. The zero-order valence-corrected chi connectivity index (χ0v) is 13.4. The van der Waals surface area contributed by atoms with Crippen molar-refractivity contribution < 1.29 is 13.9 Å². The van der Waals surface area contributed by atoms with Crippen LogP contribution in [0.5, 0.6) is 5.75 Å². The second-order valence-electron chi connectivity index (χ2n) is 5.35. The number of hydrogen-bond donors (Lipinski definition) is 1. The van der Waals surface area contributed by atoms with E-state index in [2.05, 4.69) is 15.5 Å². The summed E-state index contributed by atoms with van der Waals surface area (Å²) >= 11 is 0. The number of carbonyl (C=O) groups is 1. The Kier molecular flexibility index (Phi) is 4.56. The van der Waals surface area contributed by atoms with Gasteiger partial charge < -0.3 is 14.5 Å². The van der Waals surface area contributed by atoms with E-state index in [0.29, 0.717) is 28.8 Å². The fraction of sp³-hybridized carbons (Fsp3) is 0.167. The van der Waals surface area contributed by atoms with Crippen LogP contribution >= 0.6 is 0 Å². The van der Waals surface area contributed by atoms with Crippen LogP contribution in [0.15, 0.2) is 52.9 Å². The lowest BCUT2D eigenvalue weighted by molar-refractivity contribution is 0.102. The standard InChI is InChI=1S/C18H17N3O3/c1-12-4-3-5-14(10-12)18(22)19-15-6-8-16(9-7-15)23-11-17-21-20-13(2)24-17/h3-10H,11H2,1-2H3,(H,19,22). The minimum atomic E-state index is -0.145. The number of nitrogens with one attached hydrogen (secondary N) is 1. The number of aryl methyl sites for hydroxylation is 2. The van der Waals surface area contributed by atoms with Gasteiger partial charge in [-0.1, -0.05) is 17.7 Å². The largest absolute Gasteiger partial charge is 0.484 e. The summed E-state index contributed by atoms with van der Waals surface area (Å²) in [7, 11) is 0. The number of nitrogens with zero attached hydrogens (tertiary/aromatic N) is 2. The SMILES string of the molecule is Cc1cccc(C(=O)Nc2ccc(OCc3nnc(C)o3)cc2)c1. The van der Waals surface area contributed by atoms with Crippen LogP contribution < -0.4 is 10.1 Å².